The fraction of sp³-hybridized carbons (Fsp3) is 0.667. The molecule has 0 atom stereocenters. The summed E-state index contributed by atoms with van der Waals surface area (Å²) in [5, 5.41) is 0. The zero-order valence-corrected chi connectivity index (χ0v) is 17.5. The SMILES string of the molecule is CCCCCCCCCCCCS(=O)(=O)Oc1ccccc1.[Ca+2].[H-].[H-]. The van der Waals surface area contributed by atoms with Gasteiger partial charge in [0.25, 0.3) is 0 Å². The molecule has 23 heavy (non-hydrogen) atoms. The van der Waals surface area contributed by atoms with Crippen molar-refractivity contribution in [1.82, 2.24) is 0 Å². The van der Waals surface area contributed by atoms with Gasteiger partial charge >= 0.3 is 47.9 Å². The first kappa shape index (κ1) is 23.2. The molecule has 0 amide bonds. The molecule has 0 N–H and O–H groups in total. The van der Waals surface area contributed by atoms with Gasteiger partial charge in [-0.25, -0.2) is 0 Å². The summed E-state index contributed by atoms with van der Waals surface area (Å²) in [5.74, 6) is 0.507. The summed E-state index contributed by atoms with van der Waals surface area (Å²) in [6.07, 6.45) is 11.9. The van der Waals surface area contributed by atoms with E-state index in [4.69, 9.17) is 4.18 Å². The molecule has 3 nitrogen and oxygen atoms in total. The van der Waals surface area contributed by atoms with Crippen LogP contribution in [0.15, 0.2) is 30.3 Å². The Bertz CT molecular complexity index is 484. The normalized spacial score (nSPS) is 11.0. The average Bonchev–Trinajstić information content (AvgIpc) is 2.49. The minimum atomic E-state index is -3.44. The second-order valence-corrected chi connectivity index (χ2v) is 7.53. The molecule has 0 saturated carbocycles. The minimum Gasteiger partial charge on any atom is -1.00 e. The maximum absolute atomic E-state index is 11.8. The van der Waals surface area contributed by atoms with Crippen molar-refractivity contribution in [1.29, 1.82) is 0 Å². The molecule has 0 heterocycles. The van der Waals surface area contributed by atoms with E-state index in [-0.39, 0.29) is 46.3 Å². The van der Waals surface area contributed by atoms with Crippen molar-refractivity contribution >= 4 is 47.9 Å². The molecular formula is C18H32CaO3S. The van der Waals surface area contributed by atoms with Gasteiger partial charge in [0.2, 0.25) is 0 Å². The van der Waals surface area contributed by atoms with Crippen LogP contribution in [-0.4, -0.2) is 51.9 Å². The second-order valence-electron chi connectivity index (χ2n) is 5.84. The Balaban J connectivity index is -0.00000161. The van der Waals surface area contributed by atoms with Gasteiger partial charge < -0.3 is 7.04 Å². The van der Waals surface area contributed by atoms with Crippen molar-refractivity contribution in [3.8, 4) is 5.75 Å². The van der Waals surface area contributed by atoms with E-state index in [9.17, 15) is 8.42 Å². The minimum absolute atomic E-state index is 0. The van der Waals surface area contributed by atoms with Gasteiger partial charge in [-0.1, -0.05) is 82.9 Å². The Morgan fingerprint density at radius 1 is 0.826 bits per heavy atom. The first-order chi connectivity index (χ1) is 10.6. The molecule has 1 rings (SSSR count). The molecule has 130 valence electrons. The summed E-state index contributed by atoms with van der Waals surface area (Å²) in [6.45, 7) is 2.23. The van der Waals surface area contributed by atoms with Crippen LogP contribution in [0.1, 0.15) is 74.0 Å². The molecule has 0 aromatic heterocycles. The van der Waals surface area contributed by atoms with Crippen LogP contribution >= 0.6 is 0 Å². The summed E-state index contributed by atoms with van der Waals surface area (Å²) < 4.78 is 28.7. The van der Waals surface area contributed by atoms with Gasteiger partial charge in [-0.05, 0) is 18.6 Å². The molecular weight excluding hydrogens is 336 g/mol. The molecule has 5 heteroatoms. The third kappa shape index (κ3) is 13.2. The van der Waals surface area contributed by atoms with Crippen molar-refractivity contribution in [3.05, 3.63) is 30.3 Å². The van der Waals surface area contributed by atoms with Crippen molar-refractivity contribution in [2.45, 2.75) is 71.1 Å². The number of rotatable bonds is 13. The Morgan fingerprint density at radius 2 is 1.30 bits per heavy atom. The molecule has 0 unspecified atom stereocenters. The van der Waals surface area contributed by atoms with Crippen molar-refractivity contribution in [3.63, 3.8) is 0 Å². The quantitative estimate of drug-likeness (QED) is 0.274. The number of para-hydroxylation sites is 1. The molecule has 0 spiro atoms. The van der Waals surface area contributed by atoms with Crippen LogP contribution in [0.2, 0.25) is 0 Å². The molecule has 0 fully saturated rings. The van der Waals surface area contributed by atoms with Crippen LogP contribution in [0.5, 0.6) is 5.75 Å². The smallest absolute Gasteiger partial charge is 1.00 e. The van der Waals surface area contributed by atoms with Crippen molar-refractivity contribution in [2.75, 3.05) is 5.75 Å². The second kappa shape index (κ2) is 14.6. The van der Waals surface area contributed by atoms with Gasteiger partial charge in [0, 0.05) is 0 Å². The fourth-order valence-corrected chi connectivity index (χ4v) is 3.48. The molecule has 0 aliphatic carbocycles. The average molecular weight is 369 g/mol. The number of hydrogen-bond donors (Lipinski definition) is 0. The molecule has 1 aromatic carbocycles. The number of benzene rings is 1. The molecule has 0 radical (unpaired) electrons. The summed E-state index contributed by atoms with van der Waals surface area (Å²) in [7, 11) is -3.44. The van der Waals surface area contributed by atoms with Crippen molar-refractivity contribution < 1.29 is 15.5 Å². The third-order valence-electron chi connectivity index (χ3n) is 3.71. The van der Waals surface area contributed by atoms with E-state index in [2.05, 4.69) is 6.92 Å². The van der Waals surface area contributed by atoms with Gasteiger partial charge in [-0.2, -0.15) is 8.42 Å². The van der Waals surface area contributed by atoms with E-state index in [1.54, 1.807) is 24.3 Å². The van der Waals surface area contributed by atoms with Gasteiger partial charge in [0.1, 0.15) is 5.75 Å². The summed E-state index contributed by atoms with van der Waals surface area (Å²) in [4.78, 5) is 0. The Kier molecular flexibility index (Phi) is 14.7. The Morgan fingerprint density at radius 3 is 1.83 bits per heavy atom. The summed E-state index contributed by atoms with van der Waals surface area (Å²) in [5.41, 5.74) is 0. The maximum Gasteiger partial charge on any atom is 2.00 e. The van der Waals surface area contributed by atoms with E-state index in [0.29, 0.717) is 12.2 Å². The first-order valence-corrected chi connectivity index (χ1v) is 10.2. The molecule has 1 aromatic rings. The van der Waals surface area contributed by atoms with Crippen LogP contribution < -0.4 is 4.18 Å². The maximum atomic E-state index is 11.8. The largest absolute Gasteiger partial charge is 2.00 e. The van der Waals surface area contributed by atoms with Gasteiger partial charge in [0.05, 0.1) is 5.75 Å². The first-order valence-electron chi connectivity index (χ1n) is 8.61. The standard InChI is InChI=1S/C18H30O3S.Ca.2H/c1-2-3-4-5-6-7-8-9-10-14-17-22(19,20)21-18-15-12-11-13-16-18;;;/h11-13,15-16H,2-10,14,17H2,1H3;;;/q;+2;2*-1. The van der Waals surface area contributed by atoms with E-state index in [0.717, 1.165) is 12.8 Å². The van der Waals surface area contributed by atoms with Crippen LogP contribution in [-0.2, 0) is 10.1 Å². The Labute approximate surface area is 175 Å². The topological polar surface area (TPSA) is 43.4 Å². The predicted molar refractivity (Wildman–Crippen MR) is 101 cm³/mol. The molecule has 0 aliphatic heterocycles. The van der Waals surface area contributed by atoms with E-state index in [1.807, 2.05) is 6.07 Å². The zero-order valence-electron chi connectivity index (χ0n) is 16.5. The Hall–Kier alpha value is 0.230. The summed E-state index contributed by atoms with van der Waals surface area (Å²) in [6, 6.07) is 8.70. The summed E-state index contributed by atoms with van der Waals surface area (Å²) >= 11 is 0. The number of unbranched alkanes of at least 4 members (excludes halogenated alkanes) is 9. The monoisotopic (exact) mass is 368 g/mol. The molecule has 0 saturated heterocycles. The van der Waals surface area contributed by atoms with E-state index < -0.39 is 10.1 Å². The van der Waals surface area contributed by atoms with Gasteiger partial charge in [0.15, 0.2) is 0 Å². The van der Waals surface area contributed by atoms with Crippen LogP contribution in [0, 0.1) is 0 Å². The van der Waals surface area contributed by atoms with Crippen LogP contribution in [0.3, 0.4) is 0 Å². The zero-order chi connectivity index (χ0) is 16.1. The predicted octanol–water partition coefficient (Wildman–Crippen LogP) is 5.16. The van der Waals surface area contributed by atoms with Crippen LogP contribution in [0.4, 0.5) is 0 Å². The van der Waals surface area contributed by atoms with Crippen molar-refractivity contribution in [2.24, 2.45) is 0 Å². The van der Waals surface area contributed by atoms with E-state index in [1.165, 1.54) is 44.9 Å². The van der Waals surface area contributed by atoms with Gasteiger partial charge in [-0.3, -0.25) is 0 Å². The molecule has 0 aliphatic rings. The van der Waals surface area contributed by atoms with Gasteiger partial charge in [-0.15, -0.1) is 0 Å². The third-order valence-corrected chi connectivity index (χ3v) is 4.95. The van der Waals surface area contributed by atoms with Crippen LogP contribution in [0.25, 0.3) is 0 Å². The molecule has 0 bridgehead atoms. The number of hydrogen-bond acceptors (Lipinski definition) is 3. The van der Waals surface area contributed by atoms with E-state index >= 15 is 0 Å². The fourth-order valence-electron chi connectivity index (χ4n) is 2.43.